The number of hydrogen-bond acceptors (Lipinski definition) is 2. The molecule has 0 aliphatic carbocycles. The third-order valence-electron chi connectivity index (χ3n) is 2.48. The smallest absolute Gasteiger partial charge is 0.107 e. The van der Waals surface area contributed by atoms with E-state index in [1.807, 2.05) is 4.31 Å². The van der Waals surface area contributed by atoms with Crippen LogP contribution in [-0.4, -0.2) is 40.6 Å². The minimum atomic E-state index is -0.934. The van der Waals surface area contributed by atoms with E-state index < -0.39 is 11.0 Å². The molecule has 1 rings (SSSR count). The van der Waals surface area contributed by atoms with Crippen LogP contribution in [0.25, 0.3) is 0 Å². The second kappa shape index (κ2) is 8.74. The van der Waals surface area contributed by atoms with Gasteiger partial charge in [0.05, 0.1) is 19.0 Å². The summed E-state index contributed by atoms with van der Waals surface area (Å²) in [5.41, 5.74) is 0. The Morgan fingerprint density at radius 1 is 1.25 bits per heavy atom. The summed E-state index contributed by atoms with van der Waals surface area (Å²) in [4.78, 5) is 0. The molecule has 0 aromatic heterocycles. The first-order valence-corrected chi connectivity index (χ1v) is 7.29. The molecule has 0 radical (unpaired) electrons. The lowest BCUT2D eigenvalue weighted by atomic mass is 10.2. The molecule has 16 heavy (non-hydrogen) atoms. The van der Waals surface area contributed by atoms with Gasteiger partial charge in [0.2, 0.25) is 0 Å². The van der Waals surface area contributed by atoms with Crippen molar-refractivity contribution in [2.75, 3.05) is 32.1 Å². The highest BCUT2D eigenvalue weighted by molar-refractivity contribution is 7.82. The van der Waals surface area contributed by atoms with Gasteiger partial charge >= 0.3 is 0 Å². The summed E-state index contributed by atoms with van der Waals surface area (Å²) in [7, 11) is -0.934. The van der Waals surface area contributed by atoms with E-state index in [9.17, 15) is 4.21 Å². The Morgan fingerprint density at radius 3 is 2.69 bits per heavy atom. The van der Waals surface area contributed by atoms with E-state index in [2.05, 4.69) is 18.8 Å². The molecule has 1 aliphatic heterocycles. The minimum absolute atomic E-state index is 0.478. The zero-order valence-electron chi connectivity index (χ0n) is 10.0. The van der Waals surface area contributed by atoms with E-state index in [1.165, 1.54) is 12.8 Å². The van der Waals surface area contributed by atoms with Gasteiger partial charge in [0.25, 0.3) is 0 Å². The summed E-state index contributed by atoms with van der Waals surface area (Å²) in [6.07, 6.45) is 4.56. The maximum Gasteiger partial charge on any atom is 0.107 e. The van der Waals surface area contributed by atoms with Crippen LogP contribution in [0.15, 0.2) is 0 Å². The molecule has 1 unspecified atom stereocenters. The lowest BCUT2D eigenvalue weighted by molar-refractivity contribution is 0.0753. The number of unbranched alkanes of at least 4 members (excludes halogenated alkanes) is 3. The number of ether oxygens (including phenoxy) is 1. The summed E-state index contributed by atoms with van der Waals surface area (Å²) in [6, 6.07) is 0. The van der Waals surface area contributed by atoms with Crippen LogP contribution in [0.1, 0.15) is 32.6 Å². The van der Waals surface area contributed by atoms with E-state index in [0.29, 0.717) is 19.0 Å². The predicted molar refractivity (Wildman–Crippen MR) is 67.3 cm³/mol. The standard InChI is InChI=1S/C12H21NO2S/c1-2-3-4-5-6-7-12-16(14)13-8-10-15-11-9-13/h2-5,8-12H2,1H3. The number of nitrogens with zero attached hydrogens (tertiary/aromatic N) is 1. The van der Waals surface area contributed by atoms with Gasteiger partial charge < -0.3 is 4.74 Å². The summed E-state index contributed by atoms with van der Waals surface area (Å²) in [5.74, 6) is 6.58. The molecular formula is C12H21NO2S. The molecule has 92 valence electrons. The lowest BCUT2D eigenvalue weighted by Crippen LogP contribution is -2.38. The third-order valence-corrected chi connectivity index (χ3v) is 3.82. The van der Waals surface area contributed by atoms with Gasteiger partial charge in [-0.1, -0.05) is 25.7 Å². The Bertz CT molecular complexity index is 264. The van der Waals surface area contributed by atoms with E-state index in [4.69, 9.17) is 4.74 Å². The van der Waals surface area contributed by atoms with Gasteiger partial charge in [-0.25, -0.2) is 8.51 Å². The molecule has 1 fully saturated rings. The molecule has 4 heteroatoms. The Kier molecular flexibility index (Phi) is 7.48. The monoisotopic (exact) mass is 243 g/mol. The van der Waals surface area contributed by atoms with E-state index in [0.717, 1.165) is 25.9 Å². The fourth-order valence-electron chi connectivity index (χ4n) is 1.51. The molecule has 1 saturated heterocycles. The summed E-state index contributed by atoms with van der Waals surface area (Å²) < 4.78 is 18.9. The highest BCUT2D eigenvalue weighted by Gasteiger charge is 2.15. The molecule has 3 nitrogen and oxygen atoms in total. The number of morpholine rings is 1. The molecule has 0 aromatic rings. The molecule has 0 spiro atoms. The van der Waals surface area contributed by atoms with Crippen molar-refractivity contribution in [2.24, 2.45) is 0 Å². The summed E-state index contributed by atoms with van der Waals surface area (Å²) >= 11 is 0. The van der Waals surface area contributed by atoms with Crippen molar-refractivity contribution in [1.82, 2.24) is 4.31 Å². The Labute approximate surface area is 101 Å². The maximum atomic E-state index is 11.8. The van der Waals surface area contributed by atoms with Gasteiger partial charge in [-0.2, -0.15) is 0 Å². The van der Waals surface area contributed by atoms with E-state index in [-0.39, 0.29) is 0 Å². The summed E-state index contributed by atoms with van der Waals surface area (Å²) in [5, 5.41) is 0. The SMILES string of the molecule is CCCCCC#CCS(=O)N1CCOCC1. The third kappa shape index (κ3) is 5.64. The van der Waals surface area contributed by atoms with Crippen molar-refractivity contribution >= 4 is 11.0 Å². The number of hydrogen-bond donors (Lipinski definition) is 0. The van der Waals surface area contributed by atoms with Crippen LogP contribution < -0.4 is 0 Å². The first-order valence-electron chi connectivity index (χ1n) is 6.01. The van der Waals surface area contributed by atoms with Gasteiger partial charge in [-0.3, -0.25) is 0 Å². The normalized spacial score (nSPS) is 18.8. The quantitative estimate of drug-likeness (QED) is 0.542. The second-order valence-corrected chi connectivity index (χ2v) is 5.27. The van der Waals surface area contributed by atoms with Gasteiger partial charge in [0, 0.05) is 19.5 Å². The van der Waals surface area contributed by atoms with Crippen molar-refractivity contribution in [3.63, 3.8) is 0 Å². The van der Waals surface area contributed by atoms with Crippen LogP contribution in [0.5, 0.6) is 0 Å². The largest absolute Gasteiger partial charge is 0.379 e. The van der Waals surface area contributed by atoms with Gasteiger partial charge in [-0.15, -0.1) is 5.92 Å². The van der Waals surface area contributed by atoms with Gasteiger partial charge in [-0.05, 0) is 6.42 Å². The van der Waals surface area contributed by atoms with Crippen LogP contribution in [0.4, 0.5) is 0 Å². The Balaban J connectivity index is 2.13. The Hall–Kier alpha value is -0.370. The van der Waals surface area contributed by atoms with Crippen molar-refractivity contribution < 1.29 is 8.95 Å². The van der Waals surface area contributed by atoms with Gasteiger partial charge in [0.1, 0.15) is 11.0 Å². The Morgan fingerprint density at radius 2 is 2.00 bits per heavy atom. The molecule has 0 saturated carbocycles. The molecule has 0 aromatic carbocycles. The first-order chi connectivity index (χ1) is 7.84. The molecule has 0 amide bonds. The molecular weight excluding hydrogens is 222 g/mol. The van der Waals surface area contributed by atoms with Crippen LogP contribution >= 0.6 is 0 Å². The molecule has 0 N–H and O–H groups in total. The molecule has 1 heterocycles. The molecule has 1 atom stereocenters. The zero-order chi connectivity index (χ0) is 11.6. The molecule has 0 bridgehead atoms. The first kappa shape index (κ1) is 13.7. The van der Waals surface area contributed by atoms with Crippen LogP contribution in [0.2, 0.25) is 0 Å². The fourth-order valence-corrected chi connectivity index (χ4v) is 2.47. The van der Waals surface area contributed by atoms with E-state index in [1.54, 1.807) is 0 Å². The van der Waals surface area contributed by atoms with E-state index >= 15 is 0 Å². The highest BCUT2D eigenvalue weighted by Crippen LogP contribution is 2.01. The maximum absolute atomic E-state index is 11.8. The van der Waals surface area contributed by atoms with Crippen molar-refractivity contribution in [3.8, 4) is 11.8 Å². The van der Waals surface area contributed by atoms with Crippen LogP contribution in [0, 0.1) is 11.8 Å². The average molecular weight is 243 g/mol. The van der Waals surface area contributed by atoms with Crippen LogP contribution in [0.3, 0.4) is 0 Å². The van der Waals surface area contributed by atoms with Crippen LogP contribution in [-0.2, 0) is 15.7 Å². The predicted octanol–water partition coefficient (Wildman–Crippen LogP) is 1.57. The zero-order valence-corrected chi connectivity index (χ0v) is 10.9. The highest BCUT2D eigenvalue weighted by atomic mass is 32.2. The van der Waals surface area contributed by atoms with Crippen molar-refractivity contribution in [3.05, 3.63) is 0 Å². The average Bonchev–Trinajstić information content (AvgIpc) is 2.34. The van der Waals surface area contributed by atoms with Crippen molar-refractivity contribution in [2.45, 2.75) is 32.6 Å². The second-order valence-electron chi connectivity index (χ2n) is 3.82. The minimum Gasteiger partial charge on any atom is -0.379 e. The number of rotatable bonds is 5. The van der Waals surface area contributed by atoms with Crippen molar-refractivity contribution in [1.29, 1.82) is 0 Å². The topological polar surface area (TPSA) is 29.5 Å². The van der Waals surface area contributed by atoms with Gasteiger partial charge in [0.15, 0.2) is 0 Å². The lowest BCUT2D eigenvalue weighted by Gasteiger charge is -2.24. The fraction of sp³-hybridized carbons (Fsp3) is 0.833. The molecule has 1 aliphatic rings. The summed E-state index contributed by atoms with van der Waals surface area (Å²) in [6.45, 7) is 5.10.